The second-order valence-corrected chi connectivity index (χ2v) is 3.44. The smallest absolute Gasteiger partial charge is 0.150 e. The Bertz CT molecular complexity index is 538. The molecule has 1 heterocycles. The van der Waals surface area contributed by atoms with Crippen LogP contribution in [0, 0.1) is 5.82 Å². The first-order valence-corrected chi connectivity index (χ1v) is 4.99. The number of aldehydes is 1. The van der Waals surface area contributed by atoms with Crippen LogP contribution in [0.4, 0.5) is 4.39 Å². The molecule has 0 N–H and O–H groups in total. The van der Waals surface area contributed by atoms with E-state index < -0.39 is 5.82 Å². The molecule has 0 aliphatic carbocycles. The third-order valence-corrected chi connectivity index (χ3v) is 2.37. The highest BCUT2D eigenvalue weighted by atomic mass is 19.1. The largest absolute Gasteiger partial charge is 0.495 e. The molecule has 0 radical (unpaired) electrons. The van der Waals surface area contributed by atoms with Gasteiger partial charge in [-0.05, 0) is 30.3 Å². The molecule has 17 heavy (non-hydrogen) atoms. The molecule has 0 saturated heterocycles. The van der Waals surface area contributed by atoms with Crippen molar-refractivity contribution in [2.75, 3.05) is 7.11 Å². The SMILES string of the molecule is COc1ccc(-c2cc(C=O)ccc2F)nc1. The molecule has 0 amide bonds. The minimum atomic E-state index is -0.409. The zero-order valence-corrected chi connectivity index (χ0v) is 9.18. The molecule has 0 aliphatic rings. The van der Waals surface area contributed by atoms with Crippen molar-refractivity contribution >= 4 is 6.29 Å². The first kappa shape index (κ1) is 11.3. The number of carbonyl (C=O) groups excluding carboxylic acids is 1. The summed E-state index contributed by atoms with van der Waals surface area (Å²) in [7, 11) is 1.53. The molecule has 4 heteroatoms. The van der Waals surface area contributed by atoms with Crippen LogP contribution < -0.4 is 4.74 Å². The number of carbonyl (C=O) groups is 1. The van der Waals surface area contributed by atoms with E-state index in [9.17, 15) is 9.18 Å². The zero-order valence-electron chi connectivity index (χ0n) is 9.18. The number of hydrogen-bond acceptors (Lipinski definition) is 3. The van der Waals surface area contributed by atoms with Gasteiger partial charge >= 0.3 is 0 Å². The maximum atomic E-state index is 13.6. The van der Waals surface area contributed by atoms with E-state index in [1.54, 1.807) is 12.1 Å². The lowest BCUT2D eigenvalue weighted by Crippen LogP contribution is -1.91. The van der Waals surface area contributed by atoms with Crippen LogP contribution in [-0.4, -0.2) is 18.4 Å². The van der Waals surface area contributed by atoms with E-state index >= 15 is 0 Å². The number of nitrogens with zero attached hydrogens (tertiary/aromatic N) is 1. The van der Waals surface area contributed by atoms with E-state index in [2.05, 4.69) is 4.98 Å². The lowest BCUT2D eigenvalue weighted by molar-refractivity contribution is 0.112. The summed E-state index contributed by atoms with van der Waals surface area (Å²) in [4.78, 5) is 14.7. The number of methoxy groups -OCH3 is 1. The Morgan fingerprint density at radius 3 is 2.71 bits per heavy atom. The average Bonchev–Trinajstić information content (AvgIpc) is 2.39. The third kappa shape index (κ3) is 2.30. The van der Waals surface area contributed by atoms with E-state index in [-0.39, 0.29) is 0 Å². The second-order valence-electron chi connectivity index (χ2n) is 3.44. The first-order chi connectivity index (χ1) is 8.24. The van der Waals surface area contributed by atoms with Crippen LogP contribution in [0.3, 0.4) is 0 Å². The van der Waals surface area contributed by atoms with Gasteiger partial charge in [0.15, 0.2) is 0 Å². The molecule has 1 aromatic carbocycles. The van der Waals surface area contributed by atoms with Crippen molar-refractivity contribution < 1.29 is 13.9 Å². The van der Waals surface area contributed by atoms with Gasteiger partial charge in [-0.3, -0.25) is 9.78 Å². The van der Waals surface area contributed by atoms with Crippen molar-refractivity contribution in [3.05, 3.63) is 47.9 Å². The summed E-state index contributed by atoms with van der Waals surface area (Å²) < 4.78 is 18.6. The molecule has 0 unspecified atom stereocenters. The van der Waals surface area contributed by atoms with E-state index in [4.69, 9.17) is 4.74 Å². The molecular formula is C13H10FNO2. The molecule has 2 rings (SSSR count). The van der Waals surface area contributed by atoms with Gasteiger partial charge in [0.2, 0.25) is 0 Å². The van der Waals surface area contributed by atoms with Crippen molar-refractivity contribution in [1.29, 1.82) is 0 Å². The van der Waals surface area contributed by atoms with Crippen molar-refractivity contribution in [3.63, 3.8) is 0 Å². The molecule has 0 aliphatic heterocycles. The zero-order chi connectivity index (χ0) is 12.3. The van der Waals surface area contributed by atoms with Gasteiger partial charge in [-0.2, -0.15) is 0 Å². The van der Waals surface area contributed by atoms with E-state index in [0.717, 1.165) is 0 Å². The molecular weight excluding hydrogens is 221 g/mol. The van der Waals surface area contributed by atoms with Gasteiger partial charge in [-0.15, -0.1) is 0 Å². The van der Waals surface area contributed by atoms with E-state index in [1.165, 1.54) is 31.5 Å². The summed E-state index contributed by atoms with van der Waals surface area (Å²) >= 11 is 0. The summed E-state index contributed by atoms with van der Waals surface area (Å²) in [6, 6.07) is 7.48. The van der Waals surface area contributed by atoms with Crippen molar-refractivity contribution in [2.45, 2.75) is 0 Å². The fraction of sp³-hybridized carbons (Fsp3) is 0.0769. The average molecular weight is 231 g/mol. The lowest BCUT2D eigenvalue weighted by atomic mass is 10.1. The summed E-state index contributed by atoms with van der Waals surface area (Å²) in [5, 5.41) is 0. The predicted octanol–water partition coefficient (Wildman–Crippen LogP) is 2.71. The Kier molecular flexibility index (Phi) is 3.14. The summed E-state index contributed by atoms with van der Waals surface area (Å²) in [5.74, 6) is 0.189. The Morgan fingerprint density at radius 1 is 1.29 bits per heavy atom. The number of rotatable bonds is 3. The molecule has 2 aromatic rings. The minimum Gasteiger partial charge on any atom is -0.495 e. The monoisotopic (exact) mass is 231 g/mol. The van der Waals surface area contributed by atoms with Crippen LogP contribution in [-0.2, 0) is 0 Å². The highest BCUT2D eigenvalue weighted by Gasteiger charge is 2.07. The molecule has 0 atom stereocenters. The number of halogens is 1. The molecule has 86 valence electrons. The highest BCUT2D eigenvalue weighted by molar-refractivity contribution is 5.78. The number of aromatic nitrogens is 1. The summed E-state index contributed by atoms with van der Waals surface area (Å²) in [6.45, 7) is 0. The van der Waals surface area contributed by atoms with Gasteiger partial charge in [0.05, 0.1) is 19.0 Å². The van der Waals surface area contributed by atoms with Gasteiger partial charge in [0, 0.05) is 11.1 Å². The van der Waals surface area contributed by atoms with Crippen molar-refractivity contribution in [1.82, 2.24) is 4.98 Å². The van der Waals surface area contributed by atoms with Gasteiger partial charge in [-0.25, -0.2) is 4.39 Å². The Morgan fingerprint density at radius 2 is 2.12 bits per heavy atom. The van der Waals surface area contributed by atoms with Gasteiger partial charge in [-0.1, -0.05) is 0 Å². The highest BCUT2D eigenvalue weighted by Crippen LogP contribution is 2.23. The fourth-order valence-corrected chi connectivity index (χ4v) is 1.47. The van der Waals surface area contributed by atoms with Crippen LogP contribution in [0.1, 0.15) is 10.4 Å². The number of pyridine rings is 1. The molecule has 1 aromatic heterocycles. The van der Waals surface area contributed by atoms with Gasteiger partial charge < -0.3 is 4.74 Å². The molecule has 0 saturated carbocycles. The lowest BCUT2D eigenvalue weighted by Gasteiger charge is -2.04. The second kappa shape index (κ2) is 4.74. The minimum absolute atomic E-state index is 0.303. The number of hydrogen-bond donors (Lipinski definition) is 0. The quantitative estimate of drug-likeness (QED) is 0.762. The molecule has 0 bridgehead atoms. The number of benzene rings is 1. The van der Waals surface area contributed by atoms with Crippen LogP contribution in [0.5, 0.6) is 5.75 Å². The van der Waals surface area contributed by atoms with Gasteiger partial charge in [0.1, 0.15) is 17.9 Å². The van der Waals surface area contributed by atoms with Crippen molar-refractivity contribution in [3.8, 4) is 17.0 Å². The Labute approximate surface area is 97.9 Å². The third-order valence-electron chi connectivity index (χ3n) is 2.37. The maximum Gasteiger partial charge on any atom is 0.150 e. The van der Waals surface area contributed by atoms with Crippen LogP contribution >= 0.6 is 0 Å². The Balaban J connectivity index is 2.47. The maximum absolute atomic E-state index is 13.6. The molecule has 3 nitrogen and oxygen atoms in total. The molecule has 0 fully saturated rings. The van der Waals surface area contributed by atoms with Crippen molar-refractivity contribution in [2.24, 2.45) is 0 Å². The standard InChI is InChI=1S/C13H10FNO2/c1-17-10-3-5-13(15-7-10)11-6-9(8-16)2-4-12(11)14/h2-8H,1H3. The van der Waals surface area contributed by atoms with E-state index in [0.29, 0.717) is 28.9 Å². The fourth-order valence-electron chi connectivity index (χ4n) is 1.47. The normalized spacial score (nSPS) is 10.0. The Hall–Kier alpha value is -2.23. The van der Waals surface area contributed by atoms with Gasteiger partial charge in [0.25, 0.3) is 0 Å². The molecule has 0 spiro atoms. The summed E-state index contributed by atoms with van der Waals surface area (Å²) in [5.41, 5.74) is 1.18. The van der Waals surface area contributed by atoms with Crippen LogP contribution in [0.25, 0.3) is 11.3 Å². The summed E-state index contributed by atoms with van der Waals surface area (Å²) in [6.07, 6.45) is 2.18. The van der Waals surface area contributed by atoms with E-state index in [1.807, 2.05) is 0 Å². The van der Waals surface area contributed by atoms with Crippen LogP contribution in [0.15, 0.2) is 36.5 Å². The predicted molar refractivity (Wildman–Crippen MR) is 61.6 cm³/mol. The van der Waals surface area contributed by atoms with Crippen LogP contribution in [0.2, 0.25) is 0 Å². The topological polar surface area (TPSA) is 39.2 Å². The first-order valence-electron chi connectivity index (χ1n) is 4.99. The number of ether oxygens (including phenoxy) is 1.